The Labute approximate surface area is 150 Å². The quantitative estimate of drug-likeness (QED) is 0.523. The summed E-state index contributed by atoms with van der Waals surface area (Å²) in [7, 11) is 3.49. The van der Waals surface area contributed by atoms with E-state index in [-0.39, 0.29) is 5.91 Å². The van der Waals surface area contributed by atoms with Crippen LogP contribution in [0.1, 0.15) is 17.3 Å². The number of amides is 1. The van der Waals surface area contributed by atoms with Crippen molar-refractivity contribution in [3.63, 3.8) is 0 Å². The van der Waals surface area contributed by atoms with Crippen molar-refractivity contribution in [1.29, 1.82) is 0 Å². The van der Waals surface area contributed by atoms with Crippen LogP contribution in [0.4, 0.5) is 0 Å². The number of rotatable bonds is 7. The normalized spacial score (nSPS) is 11.3. The molecule has 2 nitrogen and oxygen atoms in total. The Morgan fingerprint density at radius 1 is 1.13 bits per heavy atom. The van der Waals surface area contributed by atoms with Crippen LogP contribution in [0.25, 0.3) is 0 Å². The largest absolute Gasteiger partial charge is 0.349 e. The predicted molar refractivity (Wildman–Crippen MR) is 102 cm³/mol. The van der Waals surface area contributed by atoms with Crippen LogP contribution in [-0.4, -0.2) is 18.2 Å². The second-order valence-corrected chi connectivity index (χ2v) is 7.73. The SMILES string of the molecule is CC(=CCNC(=O)c1ccccc1)CSSc1ccc(Cl)cc1. The summed E-state index contributed by atoms with van der Waals surface area (Å²) in [6.45, 7) is 2.62. The Kier molecular flexibility index (Phi) is 7.59. The number of benzene rings is 2. The fourth-order valence-corrected chi connectivity index (χ4v) is 4.10. The minimum Gasteiger partial charge on any atom is -0.349 e. The van der Waals surface area contributed by atoms with Crippen molar-refractivity contribution >= 4 is 39.1 Å². The molecule has 1 N–H and O–H groups in total. The van der Waals surface area contributed by atoms with Crippen LogP contribution in [-0.2, 0) is 0 Å². The third kappa shape index (κ3) is 6.73. The average molecular weight is 364 g/mol. The van der Waals surface area contributed by atoms with Gasteiger partial charge < -0.3 is 5.32 Å². The molecule has 0 saturated carbocycles. The first-order valence-electron chi connectivity index (χ1n) is 7.19. The van der Waals surface area contributed by atoms with Crippen molar-refractivity contribution in [3.8, 4) is 0 Å². The van der Waals surface area contributed by atoms with Gasteiger partial charge in [0.15, 0.2) is 0 Å². The molecule has 0 atom stereocenters. The lowest BCUT2D eigenvalue weighted by molar-refractivity contribution is 0.0958. The maximum absolute atomic E-state index is 11.9. The Bertz CT molecular complexity index is 656. The summed E-state index contributed by atoms with van der Waals surface area (Å²) in [5.74, 6) is 0.868. The minimum absolute atomic E-state index is 0.0437. The van der Waals surface area contributed by atoms with Crippen LogP contribution in [0.3, 0.4) is 0 Å². The third-order valence-corrected chi connectivity index (χ3v) is 5.70. The lowest BCUT2D eigenvalue weighted by Gasteiger charge is -2.04. The van der Waals surface area contributed by atoms with Gasteiger partial charge in [-0.15, -0.1) is 0 Å². The van der Waals surface area contributed by atoms with Crippen LogP contribution in [0.2, 0.25) is 5.02 Å². The number of hydrogen-bond acceptors (Lipinski definition) is 3. The van der Waals surface area contributed by atoms with E-state index < -0.39 is 0 Å². The van der Waals surface area contributed by atoms with Crippen LogP contribution in [0.15, 0.2) is 71.1 Å². The second-order valence-electron chi connectivity index (χ2n) is 4.93. The number of halogens is 1. The van der Waals surface area contributed by atoms with Gasteiger partial charge in [0.1, 0.15) is 0 Å². The first-order chi connectivity index (χ1) is 11.1. The molecule has 0 heterocycles. The van der Waals surface area contributed by atoms with Gasteiger partial charge in [-0.05, 0) is 43.3 Å². The molecule has 0 spiro atoms. The summed E-state index contributed by atoms with van der Waals surface area (Å²) in [5.41, 5.74) is 1.93. The summed E-state index contributed by atoms with van der Waals surface area (Å²) in [5, 5.41) is 3.65. The van der Waals surface area contributed by atoms with Gasteiger partial charge in [-0.3, -0.25) is 4.79 Å². The predicted octanol–water partition coefficient (Wildman–Crippen LogP) is 5.46. The summed E-state index contributed by atoms with van der Waals surface area (Å²) in [6, 6.07) is 17.1. The van der Waals surface area contributed by atoms with Gasteiger partial charge in [-0.25, -0.2) is 0 Å². The molecule has 0 fully saturated rings. The molecule has 0 aliphatic carbocycles. The van der Waals surface area contributed by atoms with Gasteiger partial charge in [0.25, 0.3) is 5.91 Å². The van der Waals surface area contributed by atoms with E-state index in [1.807, 2.05) is 54.6 Å². The van der Waals surface area contributed by atoms with Gasteiger partial charge in [0.05, 0.1) is 0 Å². The third-order valence-electron chi connectivity index (χ3n) is 3.00. The maximum Gasteiger partial charge on any atom is 0.251 e. The van der Waals surface area contributed by atoms with E-state index in [2.05, 4.69) is 18.3 Å². The monoisotopic (exact) mass is 363 g/mol. The molecule has 23 heavy (non-hydrogen) atoms. The number of carbonyl (C=O) groups excluding carboxylic acids is 1. The highest BCUT2D eigenvalue weighted by molar-refractivity contribution is 8.76. The molecule has 0 aliphatic heterocycles. The standard InChI is InChI=1S/C18H18ClNOS2/c1-14(13-22-23-17-9-7-16(19)8-10-17)11-12-20-18(21)15-5-3-2-4-6-15/h2-11H,12-13H2,1H3,(H,20,21). The van der Waals surface area contributed by atoms with Gasteiger partial charge in [-0.2, -0.15) is 0 Å². The van der Waals surface area contributed by atoms with Crippen LogP contribution in [0, 0.1) is 0 Å². The Hall–Kier alpha value is -1.36. The number of nitrogens with one attached hydrogen (secondary N) is 1. The Morgan fingerprint density at radius 2 is 1.83 bits per heavy atom. The molecule has 1 amide bonds. The molecule has 2 rings (SSSR count). The van der Waals surface area contributed by atoms with Crippen molar-refractivity contribution in [1.82, 2.24) is 5.32 Å². The molecule has 0 aromatic heterocycles. The highest BCUT2D eigenvalue weighted by Crippen LogP contribution is 2.32. The van der Waals surface area contributed by atoms with E-state index in [0.717, 1.165) is 10.8 Å². The highest BCUT2D eigenvalue weighted by atomic mass is 35.5. The Morgan fingerprint density at radius 3 is 2.52 bits per heavy atom. The molecule has 0 radical (unpaired) electrons. The Balaban J connectivity index is 1.69. The van der Waals surface area contributed by atoms with Gasteiger partial charge in [-0.1, -0.05) is 63.0 Å². The molecule has 0 bridgehead atoms. The van der Waals surface area contributed by atoms with E-state index in [9.17, 15) is 4.79 Å². The number of hydrogen-bond donors (Lipinski definition) is 1. The van der Waals surface area contributed by atoms with Crippen molar-refractivity contribution in [2.75, 3.05) is 12.3 Å². The first-order valence-corrected chi connectivity index (χ1v) is 9.89. The molecule has 0 aliphatic rings. The molecule has 2 aromatic rings. The smallest absolute Gasteiger partial charge is 0.251 e. The second kappa shape index (κ2) is 9.71. The zero-order valence-corrected chi connectivity index (χ0v) is 15.2. The first kappa shape index (κ1) is 18.0. The molecule has 0 saturated heterocycles. The van der Waals surface area contributed by atoms with Gasteiger partial charge in [0, 0.05) is 27.8 Å². The maximum atomic E-state index is 11.9. The summed E-state index contributed by atoms with van der Waals surface area (Å²) in [6.07, 6.45) is 2.05. The fraction of sp³-hybridized carbons (Fsp3) is 0.167. The van der Waals surface area contributed by atoms with Crippen LogP contribution >= 0.6 is 33.2 Å². The molecule has 2 aromatic carbocycles. The zero-order chi connectivity index (χ0) is 16.5. The summed E-state index contributed by atoms with van der Waals surface area (Å²) >= 11 is 5.86. The van der Waals surface area contributed by atoms with E-state index in [4.69, 9.17) is 11.6 Å². The van der Waals surface area contributed by atoms with Crippen molar-refractivity contribution in [2.24, 2.45) is 0 Å². The van der Waals surface area contributed by atoms with E-state index in [1.165, 1.54) is 10.5 Å². The molecule has 5 heteroatoms. The summed E-state index contributed by atoms with van der Waals surface area (Å²) in [4.78, 5) is 13.1. The van der Waals surface area contributed by atoms with E-state index >= 15 is 0 Å². The number of carbonyl (C=O) groups is 1. The topological polar surface area (TPSA) is 29.1 Å². The van der Waals surface area contributed by atoms with Crippen molar-refractivity contribution < 1.29 is 4.79 Å². The molecule has 0 unspecified atom stereocenters. The minimum atomic E-state index is -0.0437. The molecular formula is C18H18ClNOS2. The average Bonchev–Trinajstić information content (AvgIpc) is 2.57. The lowest BCUT2D eigenvalue weighted by atomic mass is 10.2. The van der Waals surface area contributed by atoms with Crippen LogP contribution in [0.5, 0.6) is 0 Å². The van der Waals surface area contributed by atoms with Crippen molar-refractivity contribution in [3.05, 3.63) is 76.8 Å². The zero-order valence-electron chi connectivity index (χ0n) is 12.8. The van der Waals surface area contributed by atoms with E-state index in [1.54, 1.807) is 21.6 Å². The molecule has 120 valence electrons. The fourth-order valence-electron chi connectivity index (χ4n) is 1.75. The van der Waals surface area contributed by atoms with Crippen LogP contribution < -0.4 is 5.32 Å². The van der Waals surface area contributed by atoms with E-state index in [0.29, 0.717) is 12.1 Å². The van der Waals surface area contributed by atoms with Gasteiger partial charge in [0.2, 0.25) is 0 Å². The molecular weight excluding hydrogens is 346 g/mol. The van der Waals surface area contributed by atoms with Gasteiger partial charge >= 0.3 is 0 Å². The van der Waals surface area contributed by atoms with Crippen molar-refractivity contribution in [2.45, 2.75) is 11.8 Å². The highest BCUT2D eigenvalue weighted by Gasteiger charge is 2.02. The summed E-state index contributed by atoms with van der Waals surface area (Å²) < 4.78 is 0. The lowest BCUT2D eigenvalue weighted by Crippen LogP contribution is -2.23.